The molecule has 0 aliphatic carbocycles. The molecule has 0 fully saturated rings. The van der Waals surface area contributed by atoms with Gasteiger partial charge in [0.2, 0.25) is 0 Å². The number of hydrogen-bond donors (Lipinski definition) is 0. The third-order valence-electron chi connectivity index (χ3n) is 11.2. The van der Waals surface area contributed by atoms with Gasteiger partial charge in [-0.05, 0) is 83.5 Å². The van der Waals surface area contributed by atoms with E-state index in [-0.39, 0.29) is 31.1 Å². The predicted octanol–water partition coefficient (Wildman–Crippen LogP) is 17.4. The molecule has 1 atom stereocenters. The van der Waals surface area contributed by atoms with Gasteiger partial charge in [0, 0.05) is 19.3 Å². The summed E-state index contributed by atoms with van der Waals surface area (Å²) in [6.07, 6.45) is 64.6. The van der Waals surface area contributed by atoms with Crippen LogP contribution >= 0.6 is 0 Å². The molecule has 362 valence electrons. The minimum Gasteiger partial charge on any atom is -0.462 e. The van der Waals surface area contributed by atoms with Crippen molar-refractivity contribution in [2.24, 2.45) is 0 Å². The zero-order chi connectivity index (χ0) is 45.8. The van der Waals surface area contributed by atoms with Crippen LogP contribution in [0.1, 0.15) is 252 Å². The maximum Gasteiger partial charge on any atom is 0.306 e. The number of rotatable bonds is 47. The molecule has 0 saturated carbocycles. The molecule has 0 rings (SSSR count). The highest BCUT2D eigenvalue weighted by molar-refractivity contribution is 5.71. The van der Waals surface area contributed by atoms with Crippen LogP contribution in [0.4, 0.5) is 0 Å². The lowest BCUT2D eigenvalue weighted by Crippen LogP contribution is -2.30. The van der Waals surface area contributed by atoms with E-state index in [1.807, 2.05) is 0 Å². The van der Waals surface area contributed by atoms with Gasteiger partial charge in [-0.1, -0.05) is 222 Å². The average Bonchev–Trinajstić information content (AvgIpc) is 3.28. The minimum atomic E-state index is -0.789. The Morgan fingerprint density at radius 2 is 0.651 bits per heavy atom. The van der Waals surface area contributed by atoms with Crippen molar-refractivity contribution in [2.45, 2.75) is 258 Å². The molecular weight excluding hydrogens is 781 g/mol. The highest BCUT2D eigenvalue weighted by Crippen LogP contribution is 2.15. The van der Waals surface area contributed by atoms with Crippen LogP contribution in [0.25, 0.3) is 0 Å². The molecule has 0 aromatic rings. The fourth-order valence-electron chi connectivity index (χ4n) is 7.24. The van der Waals surface area contributed by atoms with Crippen LogP contribution in [-0.4, -0.2) is 37.2 Å². The summed E-state index contributed by atoms with van der Waals surface area (Å²) >= 11 is 0. The van der Waals surface area contributed by atoms with Crippen LogP contribution in [-0.2, 0) is 28.6 Å². The second-order valence-corrected chi connectivity index (χ2v) is 17.4. The number of ether oxygens (including phenoxy) is 3. The van der Waals surface area contributed by atoms with Gasteiger partial charge in [0.1, 0.15) is 13.2 Å². The number of esters is 3. The van der Waals surface area contributed by atoms with Crippen molar-refractivity contribution in [3.63, 3.8) is 0 Å². The van der Waals surface area contributed by atoms with E-state index in [9.17, 15) is 14.4 Å². The quantitative estimate of drug-likeness (QED) is 0.0262. The molecule has 0 N–H and O–H groups in total. The van der Waals surface area contributed by atoms with Crippen molar-refractivity contribution in [2.75, 3.05) is 13.2 Å². The molecule has 0 aliphatic heterocycles. The zero-order valence-electron chi connectivity index (χ0n) is 41.3. The SMILES string of the molecule is CC/C=C\C/C=C\C/C=C\C/C=C\C/C=C\CCCCCC(=O)OCC(COC(=O)CCCCCCC/C=C\CCC)OC(=O)CCCCCCCCCCCCCCCCCC. The van der Waals surface area contributed by atoms with E-state index in [4.69, 9.17) is 14.2 Å². The van der Waals surface area contributed by atoms with Crippen molar-refractivity contribution in [1.29, 1.82) is 0 Å². The molecule has 6 heteroatoms. The minimum absolute atomic E-state index is 0.0891. The highest BCUT2D eigenvalue weighted by Gasteiger charge is 2.19. The Labute approximate surface area is 389 Å². The van der Waals surface area contributed by atoms with Gasteiger partial charge >= 0.3 is 17.9 Å². The third-order valence-corrected chi connectivity index (χ3v) is 11.2. The van der Waals surface area contributed by atoms with E-state index < -0.39 is 6.10 Å². The Hall–Kier alpha value is -3.15. The summed E-state index contributed by atoms with van der Waals surface area (Å²) in [6.45, 7) is 6.44. The molecule has 0 aromatic heterocycles. The lowest BCUT2D eigenvalue weighted by atomic mass is 10.0. The van der Waals surface area contributed by atoms with Crippen molar-refractivity contribution in [1.82, 2.24) is 0 Å². The zero-order valence-corrected chi connectivity index (χ0v) is 41.3. The van der Waals surface area contributed by atoms with Crippen LogP contribution in [0.5, 0.6) is 0 Å². The summed E-state index contributed by atoms with van der Waals surface area (Å²) in [6, 6.07) is 0. The van der Waals surface area contributed by atoms with Gasteiger partial charge < -0.3 is 14.2 Å². The summed E-state index contributed by atoms with van der Waals surface area (Å²) in [5.74, 6) is -0.928. The van der Waals surface area contributed by atoms with E-state index in [1.165, 1.54) is 103 Å². The van der Waals surface area contributed by atoms with Gasteiger partial charge in [-0.15, -0.1) is 0 Å². The van der Waals surface area contributed by atoms with Gasteiger partial charge in [0.05, 0.1) is 0 Å². The summed E-state index contributed by atoms with van der Waals surface area (Å²) in [4.78, 5) is 37.9. The van der Waals surface area contributed by atoms with E-state index in [0.717, 1.165) is 109 Å². The Balaban J connectivity index is 4.39. The summed E-state index contributed by atoms with van der Waals surface area (Å²) in [5.41, 5.74) is 0. The Morgan fingerprint density at radius 1 is 0.333 bits per heavy atom. The number of hydrogen-bond acceptors (Lipinski definition) is 6. The van der Waals surface area contributed by atoms with E-state index in [2.05, 4.69) is 93.7 Å². The average molecular weight is 879 g/mol. The van der Waals surface area contributed by atoms with Crippen LogP contribution in [0.3, 0.4) is 0 Å². The highest BCUT2D eigenvalue weighted by atomic mass is 16.6. The van der Waals surface area contributed by atoms with Crippen LogP contribution in [0.15, 0.2) is 72.9 Å². The summed E-state index contributed by atoms with van der Waals surface area (Å²) in [7, 11) is 0. The second-order valence-electron chi connectivity index (χ2n) is 17.4. The fraction of sp³-hybridized carbons (Fsp3) is 0.737. The van der Waals surface area contributed by atoms with Crippen molar-refractivity contribution >= 4 is 17.9 Å². The third kappa shape index (κ3) is 49.7. The molecule has 0 amide bonds. The van der Waals surface area contributed by atoms with Gasteiger partial charge in [0.15, 0.2) is 6.10 Å². The molecule has 6 nitrogen and oxygen atoms in total. The first-order valence-electron chi connectivity index (χ1n) is 26.4. The lowest BCUT2D eigenvalue weighted by molar-refractivity contribution is -0.167. The molecule has 63 heavy (non-hydrogen) atoms. The standard InChI is InChI=1S/C57H98O6/c1-4-7-10-13-16-19-22-24-26-28-29-30-32-33-35-38-41-44-47-50-56(59)62-53-54(52-61-55(58)49-46-43-40-37-21-18-15-12-9-6-3)63-57(60)51-48-45-42-39-36-34-31-27-25-23-20-17-14-11-8-5-2/h7,10,12,15-16,19,24,26,29-30,33,35,54H,4-6,8-9,11,13-14,17-18,20-23,25,27-28,31-32,34,36-53H2,1-3H3/b10-7-,15-12-,19-16-,26-24-,30-29-,35-33-. The molecule has 0 radical (unpaired) electrons. The molecule has 0 saturated heterocycles. The normalized spacial score (nSPS) is 12.6. The topological polar surface area (TPSA) is 78.9 Å². The smallest absolute Gasteiger partial charge is 0.306 e. The lowest BCUT2D eigenvalue weighted by Gasteiger charge is -2.18. The van der Waals surface area contributed by atoms with E-state index in [0.29, 0.717) is 19.3 Å². The Bertz CT molecular complexity index is 1190. The van der Waals surface area contributed by atoms with Crippen molar-refractivity contribution in [3.8, 4) is 0 Å². The largest absolute Gasteiger partial charge is 0.462 e. The van der Waals surface area contributed by atoms with Crippen molar-refractivity contribution in [3.05, 3.63) is 72.9 Å². The van der Waals surface area contributed by atoms with Gasteiger partial charge in [-0.2, -0.15) is 0 Å². The first kappa shape index (κ1) is 59.9. The van der Waals surface area contributed by atoms with Crippen LogP contribution in [0.2, 0.25) is 0 Å². The Kier molecular flexibility index (Phi) is 48.9. The molecule has 0 bridgehead atoms. The molecule has 0 heterocycles. The number of carbonyl (C=O) groups is 3. The Morgan fingerprint density at radius 3 is 1.06 bits per heavy atom. The number of unbranched alkanes of at least 4 members (excludes halogenated alkanes) is 24. The first-order valence-corrected chi connectivity index (χ1v) is 26.4. The predicted molar refractivity (Wildman–Crippen MR) is 270 cm³/mol. The van der Waals surface area contributed by atoms with Crippen LogP contribution < -0.4 is 0 Å². The monoisotopic (exact) mass is 879 g/mol. The number of allylic oxidation sites excluding steroid dienone is 12. The summed E-state index contributed by atoms with van der Waals surface area (Å²) in [5, 5.41) is 0. The molecular formula is C57H98O6. The van der Waals surface area contributed by atoms with Gasteiger partial charge in [-0.3, -0.25) is 14.4 Å². The molecule has 0 aliphatic rings. The summed E-state index contributed by atoms with van der Waals surface area (Å²) < 4.78 is 16.8. The second kappa shape index (κ2) is 51.5. The molecule has 1 unspecified atom stereocenters. The van der Waals surface area contributed by atoms with Gasteiger partial charge in [-0.25, -0.2) is 0 Å². The maximum atomic E-state index is 12.8. The van der Waals surface area contributed by atoms with Crippen LogP contribution in [0, 0.1) is 0 Å². The first-order chi connectivity index (χ1) is 31.0. The number of carbonyl (C=O) groups excluding carboxylic acids is 3. The fourth-order valence-corrected chi connectivity index (χ4v) is 7.24. The molecule has 0 spiro atoms. The van der Waals surface area contributed by atoms with Crippen molar-refractivity contribution < 1.29 is 28.6 Å². The van der Waals surface area contributed by atoms with E-state index >= 15 is 0 Å². The maximum absolute atomic E-state index is 12.8. The molecule has 0 aromatic carbocycles. The van der Waals surface area contributed by atoms with E-state index in [1.54, 1.807) is 0 Å². The van der Waals surface area contributed by atoms with Gasteiger partial charge in [0.25, 0.3) is 0 Å².